The lowest BCUT2D eigenvalue weighted by atomic mass is 9.90. The van der Waals surface area contributed by atoms with E-state index in [0.29, 0.717) is 10.8 Å². The zero-order chi connectivity index (χ0) is 20.2. The number of fused-ring (bicyclic) bond motifs is 1. The Morgan fingerprint density at radius 2 is 1.72 bits per heavy atom. The fourth-order valence-corrected chi connectivity index (χ4v) is 5.01. The molecular weight excluding hydrogens is 380 g/mol. The van der Waals surface area contributed by atoms with Gasteiger partial charge >= 0.3 is 0 Å². The molecule has 3 N–H and O–H groups in total. The quantitative estimate of drug-likeness (QED) is 0.394. The Labute approximate surface area is 174 Å². The van der Waals surface area contributed by atoms with Gasteiger partial charge in [0.25, 0.3) is 5.91 Å². The SMILES string of the molecule is CC1CC(CNC(c2ccccc2)c2ccccc2)=Cc2cc(C(=O)NO)sc21. The molecule has 4 rings (SSSR count). The molecule has 0 spiro atoms. The van der Waals surface area contributed by atoms with E-state index in [1.165, 1.54) is 32.9 Å². The van der Waals surface area contributed by atoms with Crippen molar-refractivity contribution in [3.05, 3.63) is 98.7 Å². The highest BCUT2D eigenvalue weighted by Crippen LogP contribution is 2.39. The summed E-state index contributed by atoms with van der Waals surface area (Å²) < 4.78 is 0. The van der Waals surface area contributed by atoms with Crippen LogP contribution in [0.5, 0.6) is 0 Å². The van der Waals surface area contributed by atoms with Crippen molar-refractivity contribution in [3.8, 4) is 0 Å². The van der Waals surface area contributed by atoms with Gasteiger partial charge in [-0.25, -0.2) is 5.48 Å². The van der Waals surface area contributed by atoms with Crippen LogP contribution in [0, 0.1) is 0 Å². The van der Waals surface area contributed by atoms with Gasteiger partial charge in [0, 0.05) is 11.4 Å². The highest BCUT2D eigenvalue weighted by molar-refractivity contribution is 7.14. The van der Waals surface area contributed by atoms with E-state index < -0.39 is 5.91 Å². The largest absolute Gasteiger partial charge is 0.302 e. The van der Waals surface area contributed by atoms with Crippen LogP contribution in [0.15, 0.2) is 72.3 Å². The Morgan fingerprint density at radius 3 is 2.31 bits per heavy atom. The van der Waals surface area contributed by atoms with Crippen LogP contribution in [-0.2, 0) is 0 Å². The summed E-state index contributed by atoms with van der Waals surface area (Å²) in [6, 6.07) is 22.9. The number of amides is 1. The van der Waals surface area contributed by atoms with Crippen molar-refractivity contribution in [1.82, 2.24) is 10.8 Å². The monoisotopic (exact) mass is 404 g/mol. The molecule has 0 saturated carbocycles. The van der Waals surface area contributed by atoms with Crippen LogP contribution in [-0.4, -0.2) is 17.7 Å². The molecule has 148 valence electrons. The van der Waals surface area contributed by atoms with Gasteiger partial charge in [-0.15, -0.1) is 11.3 Å². The minimum atomic E-state index is -0.446. The van der Waals surface area contributed by atoms with E-state index in [1.807, 2.05) is 18.2 Å². The number of nitrogens with one attached hydrogen (secondary N) is 2. The third kappa shape index (κ3) is 4.32. The molecule has 3 aromatic rings. The molecule has 0 saturated heterocycles. The summed E-state index contributed by atoms with van der Waals surface area (Å²) in [5.74, 6) is -0.0955. The van der Waals surface area contributed by atoms with Crippen LogP contribution >= 0.6 is 11.3 Å². The molecular formula is C24H24N2O2S. The van der Waals surface area contributed by atoms with Gasteiger partial charge in [-0.1, -0.05) is 79.2 Å². The van der Waals surface area contributed by atoms with Crippen molar-refractivity contribution in [2.24, 2.45) is 0 Å². The fourth-order valence-electron chi connectivity index (χ4n) is 3.92. The predicted octanol–water partition coefficient (Wildman–Crippen LogP) is 5.14. The molecule has 1 aliphatic carbocycles. The van der Waals surface area contributed by atoms with Crippen LogP contribution in [0.4, 0.5) is 0 Å². The van der Waals surface area contributed by atoms with Crippen molar-refractivity contribution >= 4 is 23.3 Å². The van der Waals surface area contributed by atoms with Crippen molar-refractivity contribution in [2.45, 2.75) is 25.3 Å². The van der Waals surface area contributed by atoms with Crippen LogP contribution in [0.3, 0.4) is 0 Å². The van der Waals surface area contributed by atoms with Gasteiger partial charge in [-0.2, -0.15) is 0 Å². The van der Waals surface area contributed by atoms with Crippen LogP contribution in [0.25, 0.3) is 6.08 Å². The summed E-state index contributed by atoms with van der Waals surface area (Å²) in [7, 11) is 0. The smallest absolute Gasteiger partial charge is 0.284 e. The highest BCUT2D eigenvalue weighted by Gasteiger charge is 2.23. The van der Waals surface area contributed by atoms with E-state index in [4.69, 9.17) is 5.21 Å². The summed E-state index contributed by atoms with van der Waals surface area (Å²) in [6.45, 7) is 2.96. The molecule has 1 aliphatic rings. The zero-order valence-electron chi connectivity index (χ0n) is 16.3. The fraction of sp³-hybridized carbons (Fsp3) is 0.208. The highest BCUT2D eigenvalue weighted by atomic mass is 32.1. The van der Waals surface area contributed by atoms with Gasteiger partial charge in [-0.05, 0) is 35.1 Å². The van der Waals surface area contributed by atoms with Crippen molar-refractivity contribution in [3.63, 3.8) is 0 Å². The molecule has 2 aromatic carbocycles. The van der Waals surface area contributed by atoms with Gasteiger partial charge in [0.2, 0.25) is 0 Å². The van der Waals surface area contributed by atoms with Crippen molar-refractivity contribution in [1.29, 1.82) is 0 Å². The van der Waals surface area contributed by atoms with E-state index in [0.717, 1.165) is 18.5 Å². The number of carbonyl (C=O) groups is 1. The summed E-state index contributed by atoms with van der Waals surface area (Å²) in [4.78, 5) is 13.5. The lowest BCUT2D eigenvalue weighted by Gasteiger charge is -2.24. The number of hydroxylamine groups is 1. The maximum atomic E-state index is 11.8. The Kier molecular flexibility index (Phi) is 5.90. The van der Waals surface area contributed by atoms with Crippen LogP contribution < -0.4 is 10.8 Å². The summed E-state index contributed by atoms with van der Waals surface area (Å²) >= 11 is 1.46. The van der Waals surface area contributed by atoms with Gasteiger partial charge in [0.15, 0.2) is 0 Å². The van der Waals surface area contributed by atoms with E-state index >= 15 is 0 Å². The molecule has 1 unspecified atom stereocenters. The van der Waals surface area contributed by atoms with Gasteiger partial charge in [0.1, 0.15) is 0 Å². The second-order valence-corrected chi connectivity index (χ2v) is 8.50. The molecule has 1 atom stereocenters. The van der Waals surface area contributed by atoms with Crippen molar-refractivity contribution < 1.29 is 10.0 Å². The van der Waals surface area contributed by atoms with Crippen LogP contribution in [0.2, 0.25) is 0 Å². The number of carbonyl (C=O) groups excluding carboxylic acids is 1. The maximum Gasteiger partial charge on any atom is 0.284 e. The second kappa shape index (κ2) is 8.74. The molecule has 0 fully saturated rings. The van der Waals surface area contributed by atoms with Crippen LogP contribution in [0.1, 0.15) is 56.5 Å². The van der Waals surface area contributed by atoms with E-state index in [1.54, 1.807) is 5.48 Å². The summed E-state index contributed by atoms with van der Waals surface area (Å²) in [5.41, 5.74) is 6.60. The molecule has 5 heteroatoms. The van der Waals surface area contributed by atoms with Gasteiger partial charge in [-0.3, -0.25) is 10.0 Å². The number of benzene rings is 2. The molecule has 1 aromatic heterocycles. The summed E-state index contributed by atoms with van der Waals surface area (Å²) in [6.07, 6.45) is 3.14. The first kappa shape index (κ1) is 19.6. The molecule has 0 bridgehead atoms. The lowest BCUT2D eigenvalue weighted by molar-refractivity contribution is 0.0711. The molecule has 4 nitrogen and oxygen atoms in total. The minimum absolute atomic E-state index is 0.119. The van der Waals surface area contributed by atoms with E-state index in [9.17, 15) is 4.79 Å². The Hall–Kier alpha value is -2.73. The Bertz CT molecular complexity index is 972. The van der Waals surface area contributed by atoms with E-state index in [-0.39, 0.29) is 6.04 Å². The maximum absolute atomic E-state index is 11.8. The molecule has 0 radical (unpaired) electrons. The number of hydrogen-bond donors (Lipinski definition) is 3. The van der Waals surface area contributed by atoms with Crippen molar-refractivity contribution in [2.75, 3.05) is 6.54 Å². The van der Waals surface area contributed by atoms with Gasteiger partial charge < -0.3 is 5.32 Å². The standard InChI is InChI=1S/C24H24N2O2S/c1-16-12-17(13-20-14-21(24(27)26-28)29-23(16)20)15-25-22(18-8-4-2-5-9-18)19-10-6-3-7-11-19/h2-11,13-14,16,22,25,28H,12,15H2,1H3,(H,26,27). The van der Waals surface area contributed by atoms with Gasteiger partial charge in [0.05, 0.1) is 10.9 Å². The first-order chi connectivity index (χ1) is 14.2. The first-order valence-corrected chi connectivity index (χ1v) is 10.6. The molecule has 29 heavy (non-hydrogen) atoms. The lowest BCUT2D eigenvalue weighted by Crippen LogP contribution is -2.25. The zero-order valence-corrected chi connectivity index (χ0v) is 17.1. The average Bonchev–Trinajstić information content (AvgIpc) is 3.20. The summed E-state index contributed by atoms with van der Waals surface area (Å²) in [5, 5.41) is 12.6. The molecule has 1 amide bonds. The second-order valence-electron chi connectivity index (χ2n) is 7.41. The Morgan fingerprint density at radius 1 is 1.10 bits per heavy atom. The first-order valence-electron chi connectivity index (χ1n) is 9.76. The third-order valence-corrected chi connectivity index (χ3v) is 6.67. The number of rotatable bonds is 6. The third-order valence-electron chi connectivity index (χ3n) is 5.29. The minimum Gasteiger partial charge on any atom is -0.302 e. The molecule has 0 aliphatic heterocycles. The number of hydrogen-bond acceptors (Lipinski definition) is 4. The normalized spacial score (nSPS) is 15.7. The Balaban J connectivity index is 1.56. The topological polar surface area (TPSA) is 61.4 Å². The number of thiophene rings is 1. The van der Waals surface area contributed by atoms with E-state index in [2.05, 4.69) is 66.8 Å². The average molecular weight is 405 g/mol. The molecule has 1 heterocycles. The predicted molar refractivity (Wildman–Crippen MR) is 117 cm³/mol.